The highest BCUT2D eigenvalue weighted by Gasteiger charge is 2.43. The van der Waals surface area contributed by atoms with Crippen molar-refractivity contribution in [2.24, 2.45) is 16.2 Å². The van der Waals surface area contributed by atoms with Crippen LogP contribution in [0.4, 0.5) is 0 Å². The molecular formula is C20H34S. The van der Waals surface area contributed by atoms with E-state index in [0.29, 0.717) is 11.2 Å². The Kier molecular flexibility index (Phi) is 5.64. The molecular weight excluding hydrogens is 272 g/mol. The molecule has 0 heterocycles. The highest BCUT2D eigenvalue weighted by atomic mass is 32.1. The summed E-state index contributed by atoms with van der Waals surface area (Å²) in [6.07, 6.45) is 1.13. The van der Waals surface area contributed by atoms with Crippen LogP contribution in [0.15, 0.2) is 30.3 Å². The molecule has 0 bridgehead atoms. The van der Waals surface area contributed by atoms with Crippen LogP contribution in [-0.4, -0.2) is 5.25 Å². The van der Waals surface area contributed by atoms with Crippen LogP contribution in [0.2, 0.25) is 0 Å². The molecule has 0 saturated heterocycles. The number of thiol groups is 1. The fraction of sp³-hybridized carbons (Fsp3) is 0.700. The van der Waals surface area contributed by atoms with Crippen molar-refractivity contribution in [3.63, 3.8) is 0 Å². The van der Waals surface area contributed by atoms with Gasteiger partial charge in [-0.15, -0.1) is 0 Å². The zero-order valence-electron chi connectivity index (χ0n) is 15.2. The molecule has 1 rings (SSSR count). The lowest BCUT2D eigenvalue weighted by molar-refractivity contribution is 0.0626. The van der Waals surface area contributed by atoms with Gasteiger partial charge in [-0.3, -0.25) is 0 Å². The van der Waals surface area contributed by atoms with E-state index in [2.05, 4.69) is 85.7 Å². The summed E-state index contributed by atoms with van der Waals surface area (Å²) in [4.78, 5) is 0. The molecule has 1 heteroatoms. The molecule has 0 saturated carbocycles. The summed E-state index contributed by atoms with van der Waals surface area (Å²) in [6.45, 7) is 18.9. The number of hydrogen-bond donors (Lipinski definition) is 1. The first-order valence-corrected chi connectivity index (χ1v) is 8.64. The second-order valence-electron chi connectivity index (χ2n) is 8.82. The van der Waals surface area contributed by atoms with Crippen molar-refractivity contribution in [3.8, 4) is 0 Å². The molecule has 0 amide bonds. The van der Waals surface area contributed by atoms with Gasteiger partial charge in [-0.2, -0.15) is 12.6 Å². The third-order valence-corrected chi connectivity index (χ3v) is 6.79. The molecule has 0 aliphatic heterocycles. The van der Waals surface area contributed by atoms with E-state index in [1.165, 1.54) is 5.56 Å². The lowest BCUT2D eigenvalue weighted by Crippen LogP contribution is -2.40. The molecule has 0 N–H and O–H groups in total. The summed E-state index contributed by atoms with van der Waals surface area (Å²) in [5.41, 5.74) is 2.11. The van der Waals surface area contributed by atoms with E-state index in [9.17, 15) is 0 Å². The molecule has 2 atom stereocenters. The lowest BCUT2D eigenvalue weighted by atomic mass is 9.57. The van der Waals surface area contributed by atoms with Crippen LogP contribution < -0.4 is 0 Å². The highest BCUT2D eigenvalue weighted by Crippen LogP contribution is 2.52. The molecule has 0 aliphatic rings. The third-order valence-electron chi connectivity index (χ3n) is 5.83. The normalized spacial score (nSPS) is 16.6. The average Bonchev–Trinajstić information content (AvgIpc) is 2.37. The van der Waals surface area contributed by atoms with Gasteiger partial charge < -0.3 is 0 Å². The number of benzene rings is 1. The summed E-state index contributed by atoms with van der Waals surface area (Å²) in [6, 6.07) is 10.9. The first-order chi connectivity index (χ1) is 9.39. The maximum Gasteiger partial charge on any atom is 0.00706 e. The van der Waals surface area contributed by atoms with Crippen molar-refractivity contribution >= 4 is 12.6 Å². The summed E-state index contributed by atoms with van der Waals surface area (Å²) in [7, 11) is 0. The van der Waals surface area contributed by atoms with Crippen molar-refractivity contribution in [3.05, 3.63) is 35.9 Å². The second-order valence-corrected chi connectivity index (χ2v) is 9.45. The van der Waals surface area contributed by atoms with Gasteiger partial charge >= 0.3 is 0 Å². The van der Waals surface area contributed by atoms with Gasteiger partial charge in [-0.1, -0.05) is 85.7 Å². The molecule has 0 nitrogen and oxygen atoms in total. The summed E-state index contributed by atoms with van der Waals surface area (Å²) in [5.74, 6) is 0.522. The first kappa shape index (κ1) is 18.6. The summed E-state index contributed by atoms with van der Waals surface area (Å²) in [5, 5.41) is 0.412. The Morgan fingerprint density at radius 1 is 0.905 bits per heavy atom. The van der Waals surface area contributed by atoms with E-state index in [1.54, 1.807) is 0 Å². The topological polar surface area (TPSA) is 0 Å². The minimum absolute atomic E-state index is 0.209. The molecule has 1 aromatic rings. The van der Waals surface area contributed by atoms with Crippen LogP contribution in [0, 0.1) is 16.2 Å². The van der Waals surface area contributed by atoms with E-state index in [1.807, 2.05) is 0 Å². The van der Waals surface area contributed by atoms with E-state index in [-0.39, 0.29) is 16.2 Å². The van der Waals surface area contributed by atoms with Crippen molar-refractivity contribution in [2.75, 3.05) is 0 Å². The van der Waals surface area contributed by atoms with E-state index in [4.69, 9.17) is 12.6 Å². The summed E-state index contributed by atoms with van der Waals surface area (Å²) >= 11 is 4.89. The van der Waals surface area contributed by atoms with Crippen LogP contribution in [0.3, 0.4) is 0 Å². The molecule has 120 valence electrons. The highest BCUT2D eigenvalue weighted by molar-refractivity contribution is 7.81. The molecule has 2 unspecified atom stereocenters. The van der Waals surface area contributed by atoms with Gasteiger partial charge in [0, 0.05) is 5.25 Å². The van der Waals surface area contributed by atoms with E-state index >= 15 is 0 Å². The van der Waals surface area contributed by atoms with Gasteiger partial charge in [0.1, 0.15) is 0 Å². The van der Waals surface area contributed by atoms with E-state index < -0.39 is 0 Å². The standard InChI is InChI=1S/C20H34S/c1-15(16-12-10-9-11-13-16)20(7,8)19(5,6)14-17(21)18(2,3)4/h9-13,15,17,21H,14H2,1-8H3. The van der Waals surface area contributed by atoms with Crippen molar-refractivity contribution in [1.82, 2.24) is 0 Å². The maximum atomic E-state index is 4.89. The zero-order chi connectivity index (χ0) is 16.5. The van der Waals surface area contributed by atoms with Gasteiger partial charge in [-0.25, -0.2) is 0 Å². The van der Waals surface area contributed by atoms with Crippen LogP contribution in [0.5, 0.6) is 0 Å². The fourth-order valence-electron chi connectivity index (χ4n) is 2.80. The van der Waals surface area contributed by atoms with Crippen molar-refractivity contribution in [2.45, 2.75) is 73.0 Å². The van der Waals surface area contributed by atoms with Gasteiger partial charge in [0.2, 0.25) is 0 Å². The fourth-order valence-corrected chi connectivity index (χ4v) is 3.25. The van der Waals surface area contributed by atoms with E-state index in [0.717, 1.165) is 6.42 Å². The largest absolute Gasteiger partial charge is 0.175 e. The predicted molar refractivity (Wildman–Crippen MR) is 99.3 cm³/mol. The lowest BCUT2D eigenvalue weighted by Gasteiger charge is -2.48. The van der Waals surface area contributed by atoms with Gasteiger partial charge in [0.15, 0.2) is 0 Å². The van der Waals surface area contributed by atoms with Crippen molar-refractivity contribution in [1.29, 1.82) is 0 Å². The first-order valence-electron chi connectivity index (χ1n) is 8.12. The average molecular weight is 307 g/mol. The van der Waals surface area contributed by atoms with Crippen LogP contribution in [-0.2, 0) is 0 Å². The van der Waals surface area contributed by atoms with Gasteiger partial charge in [-0.05, 0) is 34.1 Å². The summed E-state index contributed by atoms with van der Waals surface area (Å²) < 4.78 is 0. The Balaban J connectivity index is 2.99. The molecule has 21 heavy (non-hydrogen) atoms. The molecule has 1 aromatic carbocycles. The van der Waals surface area contributed by atoms with Gasteiger partial charge in [0.05, 0.1) is 0 Å². The van der Waals surface area contributed by atoms with Crippen LogP contribution >= 0.6 is 12.6 Å². The molecule has 0 fully saturated rings. The van der Waals surface area contributed by atoms with Crippen LogP contribution in [0.25, 0.3) is 0 Å². The predicted octanol–water partition coefficient (Wildman–Crippen LogP) is 6.58. The van der Waals surface area contributed by atoms with Crippen LogP contribution in [0.1, 0.15) is 73.3 Å². The third kappa shape index (κ3) is 4.28. The second kappa shape index (κ2) is 6.36. The molecule has 0 aliphatic carbocycles. The smallest absolute Gasteiger partial charge is 0.00706 e. The SMILES string of the molecule is CC(c1ccccc1)C(C)(C)C(C)(C)CC(S)C(C)(C)C. The number of rotatable bonds is 5. The molecule has 0 aromatic heterocycles. The Morgan fingerprint density at radius 3 is 1.81 bits per heavy atom. The van der Waals surface area contributed by atoms with Crippen molar-refractivity contribution < 1.29 is 0 Å². The molecule has 0 spiro atoms. The monoisotopic (exact) mass is 306 g/mol. The zero-order valence-corrected chi connectivity index (χ0v) is 16.1. The quantitative estimate of drug-likeness (QED) is 0.584. The Morgan fingerprint density at radius 2 is 1.38 bits per heavy atom. The number of hydrogen-bond acceptors (Lipinski definition) is 1. The Labute approximate surface area is 138 Å². The Hall–Kier alpha value is -0.430. The molecule has 0 radical (unpaired) electrons. The minimum Gasteiger partial charge on any atom is -0.175 e. The minimum atomic E-state index is 0.209. The Bertz CT molecular complexity index is 437. The van der Waals surface area contributed by atoms with Gasteiger partial charge in [0.25, 0.3) is 0 Å². The maximum absolute atomic E-state index is 4.89.